The zero-order valence-electron chi connectivity index (χ0n) is 9.87. The highest BCUT2D eigenvalue weighted by atomic mass is 16.5. The lowest BCUT2D eigenvalue weighted by Crippen LogP contribution is -2.35. The van der Waals surface area contributed by atoms with Crippen LogP contribution in [0.1, 0.15) is 26.2 Å². The summed E-state index contributed by atoms with van der Waals surface area (Å²) in [5.41, 5.74) is 0. The van der Waals surface area contributed by atoms with Gasteiger partial charge in [0.05, 0.1) is 6.61 Å². The molecule has 88 valence electrons. The molecule has 1 N–H and O–H groups in total. The average Bonchev–Trinajstić information content (AvgIpc) is 3.03. The molecular weight excluding hydrogens is 188 g/mol. The Balaban J connectivity index is 1.60. The quantitative estimate of drug-likeness (QED) is 0.738. The Bertz CT molecular complexity index is 174. The van der Waals surface area contributed by atoms with Crippen LogP contribution in [0.2, 0.25) is 0 Å². The topological polar surface area (TPSA) is 24.5 Å². The van der Waals surface area contributed by atoms with E-state index in [0.29, 0.717) is 0 Å². The molecule has 2 rings (SSSR count). The number of hydrogen-bond acceptors (Lipinski definition) is 3. The van der Waals surface area contributed by atoms with Crippen LogP contribution in [-0.4, -0.2) is 50.3 Å². The third-order valence-electron chi connectivity index (χ3n) is 3.22. The lowest BCUT2D eigenvalue weighted by molar-refractivity contribution is 0.138. The van der Waals surface area contributed by atoms with E-state index in [1.165, 1.54) is 38.9 Å². The zero-order valence-corrected chi connectivity index (χ0v) is 9.87. The smallest absolute Gasteiger partial charge is 0.0593 e. The minimum absolute atomic E-state index is 0.767. The Labute approximate surface area is 93.2 Å². The third kappa shape index (κ3) is 4.49. The second kappa shape index (κ2) is 5.83. The van der Waals surface area contributed by atoms with Crippen LogP contribution in [0.4, 0.5) is 0 Å². The Kier molecular flexibility index (Phi) is 4.42. The number of nitrogens with zero attached hydrogens (tertiary/aromatic N) is 1. The van der Waals surface area contributed by atoms with Gasteiger partial charge in [0.1, 0.15) is 0 Å². The van der Waals surface area contributed by atoms with Gasteiger partial charge in [-0.1, -0.05) is 6.92 Å². The summed E-state index contributed by atoms with van der Waals surface area (Å²) in [5, 5.41) is 3.60. The molecule has 15 heavy (non-hydrogen) atoms. The van der Waals surface area contributed by atoms with Crippen molar-refractivity contribution in [3.8, 4) is 0 Å². The molecule has 1 aliphatic carbocycles. The molecule has 0 aromatic rings. The molecule has 0 radical (unpaired) electrons. The van der Waals surface area contributed by atoms with Crippen molar-refractivity contribution in [3.05, 3.63) is 0 Å². The van der Waals surface area contributed by atoms with E-state index in [1.54, 1.807) is 0 Å². The van der Waals surface area contributed by atoms with Crippen LogP contribution >= 0.6 is 0 Å². The van der Waals surface area contributed by atoms with Crippen LogP contribution in [0, 0.1) is 5.92 Å². The van der Waals surface area contributed by atoms with Crippen LogP contribution in [0.25, 0.3) is 0 Å². The maximum atomic E-state index is 5.46. The van der Waals surface area contributed by atoms with Crippen molar-refractivity contribution in [2.24, 2.45) is 5.92 Å². The van der Waals surface area contributed by atoms with Crippen molar-refractivity contribution in [2.45, 2.75) is 32.2 Å². The Hall–Kier alpha value is -0.120. The van der Waals surface area contributed by atoms with E-state index in [0.717, 1.165) is 31.7 Å². The summed E-state index contributed by atoms with van der Waals surface area (Å²) < 4.78 is 5.46. The first-order chi connectivity index (χ1) is 7.34. The van der Waals surface area contributed by atoms with Crippen LogP contribution in [-0.2, 0) is 4.74 Å². The molecule has 2 fully saturated rings. The Morgan fingerprint density at radius 1 is 1.33 bits per heavy atom. The molecule has 0 amide bonds. The molecule has 1 unspecified atom stereocenters. The Morgan fingerprint density at radius 3 is 3.00 bits per heavy atom. The minimum Gasteiger partial charge on any atom is -0.380 e. The van der Waals surface area contributed by atoms with Crippen molar-refractivity contribution in [1.29, 1.82) is 0 Å². The average molecular weight is 212 g/mol. The van der Waals surface area contributed by atoms with Crippen molar-refractivity contribution in [1.82, 2.24) is 10.2 Å². The van der Waals surface area contributed by atoms with Crippen LogP contribution < -0.4 is 5.32 Å². The second-order valence-electron chi connectivity index (χ2n) is 5.05. The summed E-state index contributed by atoms with van der Waals surface area (Å²) in [5.74, 6) is 0.767. The normalized spacial score (nSPS) is 26.2. The zero-order chi connectivity index (χ0) is 10.5. The highest BCUT2D eigenvalue weighted by Gasteiger charge is 2.21. The predicted octanol–water partition coefficient (Wildman–Crippen LogP) is 1.10. The van der Waals surface area contributed by atoms with Crippen LogP contribution in [0.3, 0.4) is 0 Å². The molecule has 0 aromatic carbocycles. The molecule has 2 aliphatic rings. The van der Waals surface area contributed by atoms with Gasteiger partial charge in [-0.3, -0.25) is 0 Å². The lowest BCUT2D eigenvalue weighted by atomic mass is 10.1. The van der Waals surface area contributed by atoms with Crippen molar-refractivity contribution in [3.63, 3.8) is 0 Å². The van der Waals surface area contributed by atoms with Gasteiger partial charge in [0, 0.05) is 32.3 Å². The predicted molar refractivity (Wildman–Crippen MR) is 62.1 cm³/mol. The number of hydrogen-bond donors (Lipinski definition) is 1. The molecule has 1 saturated carbocycles. The van der Waals surface area contributed by atoms with E-state index >= 15 is 0 Å². The van der Waals surface area contributed by atoms with Gasteiger partial charge >= 0.3 is 0 Å². The van der Waals surface area contributed by atoms with E-state index in [4.69, 9.17) is 4.74 Å². The number of nitrogens with one attached hydrogen (secondary N) is 1. The minimum atomic E-state index is 0.767. The number of ether oxygens (including phenoxy) is 1. The SMILES string of the molecule is CC(CNC1CC1)CN1CCCOCC1. The van der Waals surface area contributed by atoms with Gasteiger partial charge in [-0.15, -0.1) is 0 Å². The van der Waals surface area contributed by atoms with Crippen LogP contribution in [0.5, 0.6) is 0 Å². The van der Waals surface area contributed by atoms with Gasteiger partial charge in [0.15, 0.2) is 0 Å². The van der Waals surface area contributed by atoms with E-state index in [1.807, 2.05) is 0 Å². The fraction of sp³-hybridized carbons (Fsp3) is 1.00. The molecule has 0 spiro atoms. The standard InChI is InChI=1S/C12H24N2O/c1-11(9-13-12-3-4-12)10-14-5-2-7-15-8-6-14/h11-13H,2-10H2,1H3. The summed E-state index contributed by atoms with van der Waals surface area (Å²) >= 11 is 0. The summed E-state index contributed by atoms with van der Waals surface area (Å²) in [6.45, 7) is 8.96. The van der Waals surface area contributed by atoms with E-state index in [-0.39, 0.29) is 0 Å². The fourth-order valence-corrected chi connectivity index (χ4v) is 2.14. The summed E-state index contributed by atoms with van der Waals surface area (Å²) in [4.78, 5) is 2.55. The first-order valence-electron chi connectivity index (χ1n) is 6.38. The third-order valence-corrected chi connectivity index (χ3v) is 3.22. The first kappa shape index (κ1) is 11.4. The maximum absolute atomic E-state index is 5.46. The van der Waals surface area contributed by atoms with Gasteiger partial charge in [-0.05, 0) is 31.7 Å². The molecule has 1 heterocycles. The van der Waals surface area contributed by atoms with E-state index in [2.05, 4.69) is 17.1 Å². The van der Waals surface area contributed by atoms with E-state index < -0.39 is 0 Å². The molecule has 1 atom stereocenters. The highest BCUT2D eigenvalue weighted by Crippen LogP contribution is 2.18. The Morgan fingerprint density at radius 2 is 2.20 bits per heavy atom. The highest BCUT2D eigenvalue weighted by molar-refractivity contribution is 4.81. The maximum Gasteiger partial charge on any atom is 0.0593 e. The van der Waals surface area contributed by atoms with Gasteiger partial charge in [-0.2, -0.15) is 0 Å². The van der Waals surface area contributed by atoms with E-state index in [9.17, 15) is 0 Å². The lowest BCUT2D eigenvalue weighted by Gasteiger charge is -2.23. The molecule has 0 bridgehead atoms. The van der Waals surface area contributed by atoms with Gasteiger partial charge < -0.3 is 15.0 Å². The van der Waals surface area contributed by atoms with Crippen LogP contribution in [0.15, 0.2) is 0 Å². The van der Waals surface area contributed by atoms with Crippen molar-refractivity contribution >= 4 is 0 Å². The largest absolute Gasteiger partial charge is 0.380 e. The van der Waals surface area contributed by atoms with Crippen molar-refractivity contribution < 1.29 is 4.74 Å². The molecule has 3 heteroatoms. The monoisotopic (exact) mass is 212 g/mol. The van der Waals surface area contributed by atoms with Crippen molar-refractivity contribution in [2.75, 3.05) is 39.4 Å². The first-order valence-corrected chi connectivity index (χ1v) is 6.38. The number of rotatable bonds is 5. The molecule has 3 nitrogen and oxygen atoms in total. The van der Waals surface area contributed by atoms with Gasteiger partial charge in [-0.25, -0.2) is 0 Å². The summed E-state index contributed by atoms with van der Waals surface area (Å²) in [6.07, 6.45) is 3.98. The van der Waals surface area contributed by atoms with Gasteiger partial charge in [0.25, 0.3) is 0 Å². The summed E-state index contributed by atoms with van der Waals surface area (Å²) in [6, 6.07) is 0.847. The fourth-order valence-electron chi connectivity index (χ4n) is 2.14. The molecule has 1 saturated heterocycles. The molecule has 1 aliphatic heterocycles. The molecular formula is C12H24N2O. The molecule has 0 aromatic heterocycles. The summed E-state index contributed by atoms with van der Waals surface area (Å²) in [7, 11) is 0. The second-order valence-corrected chi connectivity index (χ2v) is 5.05. The van der Waals surface area contributed by atoms with Gasteiger partial charge in [0.2, 0.25) is 0 Å².